The number of aliphatic hydroxyl groups excluding tert-OH is 1. The highest BCUT2D eigenvalue weighted by molar-refractivity contribution is 6.05. The molecule has 8 heteroatoms. The number of rotatable bonds is 9. The van der Waals surface area contributed by atoms with Crippen LogP contribution in [-0.4, -0.2) is 41.6 Å². The van der Waals surface area contributed by atoms with Gasteiger partial charge in [-0.15, -0.1) is 0 Å². The van der Waals surface area contributed by atoms with Crippen LogP contribution >= 0.6 is 0 Å². The fraction of sp³-hybridized carbons (Fsp3) is 0.259. The molecule has 2 atom stereocenters. The van der Waals surface area contributed by atoms with Gasteiger partial charge in [-0.3, -0.25) is 9.78 Å². The highest BCUT2D eigenvalue weighted by Gasteiger charge is 2.17. The predicted molar refractivity (Wildman–Crippen MR) is 132 cm³/mol. The second-order valence-corrected chi connectivity index (χ2v) is 8.23. The van der Waals surface area contributed by atoms with E-state index in [4.69, 9.17) is 15.2 Å². The van der Waals surface area contributed by atoms with Crippen LogP contribution in [0.15, 0.2) is 67.0 Å². The van der Waals surface area contributed by atoms with Gasteiger partial charge in [0.2, 0.25) is 0 Å². The van der Waals surface area contributed by atoms with Crippen molar-refractivity contribution < 1.29 is 23.8 Å². The lowest BCUT2D eigenvalue weighted by molar-refractivity contribution is -0.0942. The van der Waals surface area contributed by atoms with Crippen molar-refractivity contribution in [3.05, 3.63) is 89.5 Å². The maximum atomic E-state index is 13.9. The molecule has 1 fully saturated rings. The zero-order valence-corrected chi connectivity index (χ0v) is 19.2. The SMILES string of the molecule is NCc1ccc(C(=O)Nc2ccncc2F)cc1-c1cccc(/C=C/C(O)OCC2CCCO2)c1. The first-order chi connectivity index (χ1) is 17.0. The van der Waals surface area contributed by atoms with Gasteiger partial charge in [-0.1, -0.05) is 30.3 Å². The van der Waals surface area contributed by atoms with E-state index in [0.29, 0.717) is 12.2 Å². The zero-order chi connectivity index (χ0) is 24.6. The molecule has 2 unspecified atom stereocenters. The van der Waals surface area contributed by atoms with Gasteiger partial charge in [-0.2, -0.15) is 0 Å². The summed E-state index contributed by atoms with van der Waals surface area (Å²) in [5, 5.41) is 12.7. The number of amides is 1. The first-order valence-electron chi connectivity index (χ1n) is 11.5. The summed E-state index contributed by atoms with van der Waals surface area (Å²) in [6, 6.07) is 14.2. The number of benzene rings is 2. The maximum absolute atomic E-state index is 13.9. The predicted octanol–water partition coefficient (Wildman–Crippen LogP) is 4.13. The number of ether oxygens (including phenoxy) is 2. The number of nitrogens with one attached hydrogen (secondary N) is 1. The number of pyridine rings is 1. The van der Waals surface area contributed by atoms with E-state index in [9.17, 15) is 14.3 Å². The van der Waals surface area contributed by atoms with Gasteiger partial charge < -0.3 is 25.6 Å². The molecule has 1 aliphatic heterocycles. The first-order valence-corrected chi connectivity index (χ1v) is 11.5. The van der Waals surface area contributed by atoms with Crippen LogP contribution in [0.5, 0.6) is 0 Å². The molecule has 0 spiro atoms. The fourth-order valence-electron chi connectivity index (χ4n) is 3.88. The smallest absolute Gasteiger partial charge is 0.255 e. The van der Waals surface area contributed by atoms with Crippen molar-refractivity contribution >= 4 is 17.7 Å². The summed E-state index contributed by atoms with van der Waals surface area (Å²) in [4.78, 5) is 16.4. The number of nitrogens with zero attached hydrogens (tertiary/aromatic N) is 1. The van der Waals surface area contributed by atoms with Gasteiger partial charge in [0.15, 0.2) is 12.1 Å². The van der Waals surface area contributed by atoms with Crippen LogP contribution in [0.4, 0.5) is 10.1 Å². The van der Waals surface area contributed by atoms with E-state index in [1.54, 1.807) is 30.4 Å². The molecule has 0 bridgehead atoms. The Morgan fingerprint density at radius 1 is 1.31 bits per heavy atom. The fourth-order valence-corrected chi connectivity index (χ4v) is 3.88. The van der Waals surface area contributed by atoms with Crippen LogP contribution in [0.1, 0.15) is 34.3 Å². The van der Waals surface area contributed by atoms with Crippen molar-refractivity contribution in [2.75, 3.05) is 18.5 Å². The third kappa shape index (κ3) is 6.58. The topological polar surface area (TPSA) is 107 Å². The molecule has 182 valence electrons. The molecule has 3 aromatic rings. The van der Waals surface area contributed by atoms with Crippen molar-refractivity contribution in [2.45, 2.75) is 31.8 Å². The van der Waals surface area contributed by atoms with Crippen LogP contribution in [-0.2, 0) is 16.0 Å². The maximum Gasteiger partial charge on any atom is 0.255 e. The number of hydrogen-bond donors (Lipinski definition) is 3. The normalized spacial score (nSPS) is 16.5. The Hall–Kier alpha value is -3.43. The van der Waals surface area contributed by atoms with Gasteiger partial charge in [0.1, 0.15) is 0 Å². The van der Waals surface area contributed by atoms with Gasteiger partial charge in [-0.25, -0.2) is 4.39 Å². The van der Waals surface area contributed by atoms with E-state index in [1.807, 2.05) is 24.3 Å². The molecule has 1 amide bonds. The van der Waals surface area contributed by atoms with Crippen LogP contribution < -0.4 is 11.1 Å². The standard InChI is InChI=1S/C27H28FN3O4/c28-24-16-30-11-10-25(24)31-27(33)20-7-8-21(15-29)23(14-20)19-4-1-3-18(13-19)6-9-26(32)35-17-22-5-2-12-34-22/h1,3-4,6-11,13-14,16,22,26,32H,2,5,12,15,17,29H2,(H,30,31,33)/b9-6+. The lowest BCUT2D eigenvalue weighted by Gasteiger charge is -2.13. The van der Waals surface area contributed by atoms with Gasteiger partial charge in [0.25, 0.3) is 5.91 Å². The molecule has 0 aliphatic carbocycles. The number of carbonyl (C=O) groups excluding carboxylic acids is 1. The Balaban J connectivity index is 1.50. The second-order valence-electron chi connectivity index (χ2n) is 8.23. The molecular weight excluding hydrogens is 449 g/mol. The molecule has 2 heterocycles. The molecule has 7 nitrogen and oxygen atoms in total. The van der Waals surface area contributed by atoms with Crippen molar-refractivity contribution in [1.82, 2.24) is 4.98 Å². The quantitative estimate of drug-likeness (QED) is 0.400. The molecule has 1 aromatic heterocycles. The van der Waals surface area contributed by atoms with Crippen molar-refractivity contribution in [1.29, 1.82) is 0 Å². The summed E-state index contributed by atoms with van der Waals surface area (Å²) < 4.78 is 24.8. The summed E-state index contributed by atoms with van der Waals surface area (Å²) in [7, 11) is 0. The molecule has 1 saturated heterocycles. The summed E-state index contributed by atoms with van der Waals surface area (Å²) in [5.74, 6) is -1.05. The third-order valence-electron chi connectivity index (χ3n) is 5.74. The lowest BCUT2D eigenvalue weighted by atomic mass is 9.95. The summed E-state index contributed by atoms with van der Waals surface area (Å²) in [6.45, 7) is 1.37. The Morgan fingerprint density at radius 2 is 2.20 bits per heavy atom. The van der Waals surface area contributed by atoms with Crippen molar-refractivity contribution in [2.24, 2.45) is 5.73 Å². The molecule has 4 rings (SSSR count). The largest absolute Gasteiger partial charge is 0.376 e. The number of halogens is 1. The van der Waals surface area contributed by atoms with E-state index < -0.39 is 18.0 Å². The number of aliphatic hydroxyl groups is 1. The number of hydrogen-bond acceptors (Lipinski definition) is 6. The minimum Gasteiger partial charge on any atom is -0.376 e. The summed E-state index contributed by atoms with van der Waals surface area (Å²) >= 11 is 0. The molecule has 4 N–H and O–H groups in total. The minimum absolute atomic E-state index is 0.0376. The third-order valence-corrected chi connectivity index (χ3v) is 5.74. The number of aromatic nitrogens is 1. The monoisotopic (exact) mass is 477 g/mol. The molecular formula is C27H28FN3O4. The average molecular weight is 478 g/mol. The zero-order valence-electron chi connectivity index (χ0n) is 19.2. The van der Waals surface area contributed by atoms with Gasteiger partial charge in [0, 0.05) is 24.9 Å². The van der Waals surface area contributed by atoms with E-state index in [1.165, 1.54) is 12.3 Å². The number of anilines is 1. The van der Waals surface area contributed by atoms with Gasteiger partial charge in [0.05, 0.1) is 24.6 Å². The van der Waals surface area contributed by atoms with Crippen LogP contribution in [0.25, 0.3) is 17.2 Å². The Bertz CT molecular complexity index is 1190. The highest BCUT2D eigenvalue weighted by atomic mass is 19.1. The van der Waals surface area contributed by atoms with Crippen molar-refractivity contribution in [3.8, 4) is 11.1 Å². The van der Waals surface area contributed by atoms with Crippen molar-refractivity contribution in [3.63, 3.8) is 0 Å². The highest BCUT2D eigenvalue weighted by Crippen LogP contribution is 2.27. The Morgan fingerprint density at radius 3 is 2.97 bits per heavy atom. The Kier molecular flexibility index (Phi) is 8.33. The van der Waals surface area contributed by atoms with E-state index in [2.05, 4.69) is 10.3 Å². The number of nitrogens with two attached hydrogens (primary N) is 1. The van der Waals surface area contributed by atoms with Crippen LogP contribution in [0.2, 0.25) is 0 Å². The summed E-state index contributed by atoms with van der Waals surface area (Å²) in [5.41, 5.74) is 9.72. The lowest BCUT2D eigenvalue weighted by Crippen LogP contribution is -2.19. The molecule has 2 aromatic carbocycles. The van der Waals surface area contributed by atoms with E-state index in [-0.39, 0.29) is 18.3 Å². The summed E-state index contributed by atoms with van der Waals surface area (Å²) in [6.07, 6.45) is 6.75. The van der Waals surface area contributed by atoms with E-state index >= 15 is 0 Å². The molecule has 0 radical (unpaired) electrons. The average Bonchev–Trinajstić information content (AvgIpc) is 3.41. The van der Waals surface area contributed by atoms with E-state index in [0.717, 1.165) is 47.9 Å². The minimum atomic E-state index is -1.04. The number of carbonyl (C=O) groups is 1. The Labute approximate surface area is 203 Å². The second kappa shape index (κ2) is 11.8. The van der Waals surface area contributed by atoms with Gasteiger partial charge in [-0.05, 0) is 65.4 Å². The van der Waals surface area contributed by atoms with Gasteiger partial charge >= 0.3 is 0 Å². The molecule has 35 heavy (non-hydrogen) atoms. The van der Waals surface area contributed by atoms with Crippen LogP contribution in [0.3, 0.4) is 0 Å². The van der Waals surface area contributed by atoms with Crippen LogP contribution in [0, 0.1) is 5.82 Å². The molecule has 0 saturated carbocycles. The first kappa shape index (κ1) is 24.7. The molecule has 1 aliphatic rings.